The highest BCUT2D eigenvalue weighted by Crippen LogP contribution is 2.31. The Morgan fingerprint density at radius 3 is 2.24 bits per heavy atom. The Balaban J connectivity index is 1.91. The molecule has 120 valence electrons. The lowest BCUT2D eigenvalue weighted by atomic mass is 10.0. The van der Waals surface area contributed by atoms with Crippen LogP contribution in [-0.2, 0) is 0 Å². The third-order valence-corrected chi connectivity index (χ3v) is 3.79. The summed E-state index contributed by atoms with van der Waals surface area (Å²) in [5.74, 6) is 0.263. The standard InChI is InChI=1S/C20H13FN4/c21-16-6-4-14(5-7-16)17-13-24-20(18-3-1-2-10-23-18)25-19(17)15-8-11-22-12-9-15/h1-13H. The van der Waals surface area contributed by atoms with E-state index in [1.165, 1.54) is 12.1 Å². The molecular weight excluding hydrogens is 315 g/mol. The molecule has 4 nitrogen and oxygen atoms in total. The van der Waals surface area contributed by atoms with Crippen molar-refractivity contribution in [1.82, 2.24) is 19.9 Å². The summed E-state index contributed by atoms with van der Waals surface area (Å²) < 4.78 is 13.3. The van der Waals surface area contributed by atoms with Gasteiger partial charge in [-0.3, -0.25) is 9.97 Å². The van der Waals surface area contributed by atoms with Gasteiger partial charge in [0.1, 0.15) is 11.5 Å². The number of pyridine rings is 2. The Morgan fingerprint density at radius 1 is 0.720 bits per heavy atom. The Bertz CT molecular complexity index is 987. The number of benzene rings is 1. The highest BCUT2D eigenvalue weighted by atomic mass is 19.1. The molecular formula is C20H13FN4. The Morgan fingerprint density at radius 2 is 1.52 bits per heavy atom. The number of nitrogens with zero attached hydrogens (tertiary/aromatic N) is 4. The van der Waals surface area contributed by atoms with Crippen molar-refractivity contribution in [2.75, 3.05) is 0 Å². The molecule has 0 aliphatic rings. The van der Waals surface area contributed by atoms with E-state index in [0.29, 0.717) is 11.5 Å². The molecule has 5 heteroatoms. The molecule has 25 heavy (non-hydrogen) atoms. The fourth-order valence-electron chi connectivity index (χ4n) is 2.57. The van der Waals surface area contributed by atoms with Gasteiger partial charge in [-0.25, -0.2) is 14.4 Å². The molecule has 0 amide bonds. The van der Waals surface area contributed by atoms with Crippen LogP contribution in [-0.4, -0.2) is 19.9 Å². The van der Waals surface area contributed by atoms with E-state index in [1.807, 2.05) is 30.3 Å². The Labute approximate surface area is 144 Å². The van der Waals surface area contributed by atoms with Crippen molar-refractivity contribution in [3.8, 4) is 33.9 Å². The SMILES string of the molecule is Fc1ccc(-c2cnc(-c3ccccn3)nc2-c2ccncc2)cc1. The third kappa shape index (κ3) is 3.12. The first kappa shape index (κ1) is 15.1. The van der Waals surface area contributed by atoms with Crippen LogP contribution in [0.5, 0.6) is 0 Å². The molecule has 0 atom stereocenters. The topological polar surface area (TPSA) is 51.6 Å². The van der Waals surface area contributed by atoms with E-state index >= 15 is 0 Å². The highest BCUT2D eigenvalue weighted by Gasteiger charge is 2.13. The molecule has 0 fully saturated rings. The summed E-state index contributed by atoms with van der Waals surface area (Å²) in [6.45, 7) is 0. The van der Waals surface area contributed by atoms with Gasteiger partial charge >= 0.3 is 0 Å². The molecule has 0 aliphatic heterocycles. The van der Waals surface area contributed by atoms with Crippen molar-refractivity contribution in [2.45, 2.75) is 0 Å². The van der Waals surface area contributed by atoms with Gasteiger partial charge in [-0.05, 0) is 42.0 Å². The molecule has 0 aliphatic carbocycles. The average molecular weight is 328 g/mol. The van der Waals surface area contributed by atoms with Gasteiger partial charge in [-0.1, -0.05) is 18.2 Å². The van der Waals surface area contributed by atoms with E-state index < -0.39 is 0 Å². The van der Waals surface area contributed by atoms with Crippen LogP contribution in [0.15, 0.2) is 79.4 Å². The van der Waals surface area contributed by atoms with Gasteiger partial charge < -0.3 is 0 Å². The molecule has 1 aromatic carbocycles. The van der Waals surface area contributed by atoms with Crippen molar-refractivity contribution < 1.29 is 4.39 Å². The molecule has 0 saturated carbocycles. The molecule has 0 bridgehead atoms. The van der Waals surface area contributed by atoms with Gasteiger partial charge in [0.15, 0.2) is 5.82 Å². The van der Waals surface area contributed by atoms with Crippen LogP contribution in [0.1, 0.15) is 0 Å². The maximum absolute atomic E-state index is 13.3. The maximum atomic E-state index is 13.3. The molecule has 0 unspecified atom stereocenters. The van der Waals surface area contributed by atoms with Crippen molar-refractivity contribution >= 4 is 0 Å². The Hall–Kier alpha value is -3.47. The van der Waals surface area contributed by atoms with E-state index in [-0.39, 0.29) is 5.82 Å². The fraction of sp³-hybridized carbons (Fsp3) is 0. The average Bonchev–Trinajstić information content (AvgIpc) is 2.70. The predicted molar refractivity (Wildman–Crippen MR) is 93.9 cm³/mol. The van der Waals surface area contributed by atoms with Crippen molar-refractivity contribution in [1.29, 1.82) is 0 Å². The quantitative estimate of drug-likeness (QED) is 0.559. The van der Waals surface area contributed by atoms with Gasteiger partial charge in [0.25, 0.3) is 0 Å². The minimum atomic E-state index is -0.278. The van der Waals surface area contributed by atoms with Gasteiger partial charge in [0.2, 0.25) is 0 Å². The first-order valence-electron chi connectivity index (χ1n) is 7.76. The van der Waals surface area contributed by atoms with Crippen LogP contribution in [0, 0.1) is 5.82 Å². The summed E-state index contributed by atoms with van der Waals surface area (Å²) in [6.07, 6.45) is 6.89. The van der Waals surface area contributed by atoms with Gasteiger partial charge in [0, 0.05) is 35.9 Å². The zero-order chi connectivity index (χ0) is 17.1. The Kier molecular flexibility index (Phi) is 3.96. The summed E-state index contributed by atoms with van der Waals surface area (Å²) in [6, 6.07) is 15.7. The zero-order valence-corrected chi connectivity index (χ0v) is 13.2. The zero-order valence-electron chi connectivity index (χ0n) is 13.2. The van der Waals surface area contributed by atoms with Crippen LogP contribution in [0.2, 0.25) is 0 Å². The molecule has 0 radical (unpaired) electrons. The van der Waals surface area contributed by atoms with E-state index in [0.717, 1.165) is 22.4 Å². The number of hydrogen-bond donors (Lipinski definition) is 0. The van der Waals surface area contributed by atoms with Gasteiger partial charge in [-0.2, -0.15) is 0 Å². The molecule has 4 aromatic rings. The second-order valence-electron chi connectivity index (χ2n) is 5.41. The lowest BCUT2D eigenvalue weighted by molar-refractivity contribution is 0.628. The smallest absolute Gasteiger partial charge is 0.178 e. The maximum Gasteiger partial charge on any atom is 0.178 e. The fourth-order valence-corrected chi connectivity index (χ4v) is 2.57. The first-order valence-corrected chi connectivity index (χ1v) is 7.76. The summed E-state index contributed by atoms with van der Waals surface area (Å²) in [5, 5.41) is 0. The monoisotopic (exact) mass is 328 g/mol. The molecule has 0 saturated heterocycles. The number of hydrogen-bond acceptors (Lipinski definition) is 4. The van der Waals surface area contributed by atoms with Crippen LogP contribution >= 0.6 is 0 Å². The predicted octanol–water partition coefficient (Wildman–Crippen LogP) is 4.41. The van der Waals surface area contributed by atoms with Crippen LogP contribution < -0.4 is 0 Å². The minimum absolute atomic E-state index is 0.278. The molecule has 3 heterocycles. The molecule has 0 N–H and O–H groups in total. The first-order chi connectivity index (χ1) is 12.3. The summed E-state index contributed by atoms with van der Waals surface area (Å²) in [4.78, 5) is 17.5. The van der Waals surface area contributed by atoms with E-state index in [9.17, 15) is 4.39 Å². The van der Waals surface area contributed by atoms with E-state index in [4.69, 9.17) is 4.98 Å². The van der Waals surface area contributed by atoms with Crippen LogP contribution in [0.4, 0.5) is 4.39 Å². The second kappa shape index (κ2) is 6.57. The molecule has 0 spiro atoms. The van der Waals surface area contributed by atoms with Gasteiger partial charge in [-0.15, -0.1) is 0 Å². The number of aromatic nitrogens is 4. The lowest BCUT2D eigenvalue weighted by Crippen LogP contribution is -1.97. The highest BCUT2D eigenvalue weighted by molar-refractivity contribution is 5.81. The summed E-state index contributed by atoms with van der Waals surface area (Å²) in [7, 11) is 0. The van der Waals surface area contributed by atoms with Crippen LogP contribution in [0.3, 0.4) is 0 Å². The lowest BCUT2D eigenvalue weighted by Gasteiger charge is -2.10. The van der Waals surface area contributed by atoms with E-state index in [2.05, 4.69) is 15.0 Å². The van der Waals surface area contributed by atoms with Crippen molar-refractivity contribution in [3.05, 3.63) is 85.2 Å². The number of halogens is 1. The summed E-state index contributed by atoms with van der Waals surface area (Å²) >= 11 is 0. The second-order valence-corrected chi connectivity index (χ2v) is 5.41. The largest absolute Gasteiger partial charge is 0.265 e. The normalized spacial score (nSPS) is 10.6. The molecule has 3 aromatic heterocycles. The minimum Gasteiger partial charge on any atom is -0.265 e. The van der Waals surface area contributed by atoms with Crippen molar-refractivity contribution in [3.63, 3.8) is 0 Å². The summed E-state index contributed by atoms with van der Waals surface area (Å²) in [5.41, 5.74) is 4.04. The van der Waals surface area contributed by atoms with E-state index in [1.54, 1.807) is 36.9 Å². The number of rotatable bonds is 3. The molecule has 4 rings (SSSR count). The van der Waals surface area contributed by atoms with Gasteiger partial charge in [0.05, 0.1) is 5.69 Å². The van der Waals surface area contributed by atoms with Crippen LogP contribution in [0.25, 0.3) is 33.9 Å². The third-order valence-electron chi connectivity index (χ3n) is 3.79. The van der Waals surface area contributed by atoms with Crippen molar-refractivity contribution in [2.24, 2.45) is 0 Å².